The maximum absolute atomic E-state index is 13.4. The third-order valence-electron chi connectivity index (χ3n) is 6.14. The van der Waals surface area contributed by atoms with Crippen molar-refractivity contribution in [3.8, 4) is 5.75 Å². The number of ether oxygens (including phenoxy) is 2. The van der Waals surface area contributed by atoms with Gasteiger partial charge in [0.25, 0.3) is 0 Å². The summed E-state index contributed by atoms with van der Waals surface area (Å²) >= 11 is 0. The summed E-state index contributed by atoms with van der Waals surface area (Å²) in [5.74, 6) is 1.47. The van der Waals surface area contributed by atoms with Crippen molar-refractivity contribution in [2.45, 2.75) is 32.7 Å². The number of amides is 2. The van der Waals surface area contributed by atoms with E-state index in [-0.39, 0.29) is 36.3 Å². The lowest BCUT2D eigenvalue weighted by Crippen LogP contribution is -2.53. The highest BCUT2D eigenvalue weighted by Crippen LogP contribution is 2.33. The molecule has 3 atom stereocenters. The van der Waals surface area contributed by atoms with Crippen molar-refractivity contribution in [3.05, 3.63) is 30.3 Å². The molecule has 0 spiro atoms. The van der Waals surface area contributed by atoms with Crippen molar-refractivity contribution in [1.29, 1.82) is 0 Å². The van der Waals surface area contributed by atoms with E-state index in [0.29, 0.717) is 12.5 Å². The summed E-state index contributed by atoms with van der Waals surface area (Å²) in [6.07, 6.45) is 1.47. The van der Waals surface area contributed by atoms with E-state index in [1.54, 1.807) is 0 Å². The topological polar surface area (TPSA) is 71.1 Å². The smallest absolute Gasteiger partial charge is 0.246 e. The Morgan fingerprint density at radius 1 is 1.10 bits per heavy atom. The molecule has 2 aliphatic rings. The average Bonchev–Trinajstić information content (AvgIpc) is 3.15. The molecule has 7 heteroatoms. The van der Waals surface area contributed by atoms with Gasteiger partial charge in [0, 0.05) is 45.9 Å². The number of methoxy groups -OCH3 is 1. The minimum absolute atomic E-state index is 0.0104. The van der Waals surface area contributed by atoms with E-state index in [0.717, 1.165) is 51.3 Å². The molecular weight excluding hydrogens is 394 g/mol. The first-order valence-corrected chi connectivity index (χ1v) is 11.4. The van der Waals surface area contributed by atoms with Crippen LogP contribution in [0.4, 0.5) is 0 Å². The van der Waals surface area contributed by atoms with Gasteiger partial charge in [-0.05, 0) is 36.8 Å². The normalized spacial score (nSPS) is 24.4. The molecule has 0 radical (unpaired) electrons. The Balaban J connectivity index is 1.59. The molecule has 1 aromatic rings. The monoisotopic (exact) mass is 431 g/mol. The lowest BCUT2D eigenvalue weighted by Gasteiger charge is -2.37. The highest BCUT2D eigenvalue weighted by atomic mass is 16.5. The zero-order valence-corrected chi connectivity index (χ0v) is 19.1. The Bertz CT molecular complexity index is 704. The highest BCUT2D eigenvalue weighted by molar-refractivity contribution is 5.82. The average molecular weight is 432 g/mol. The Kier molecular flexibility index (Phi) is 8.72. The second-order valence-electron chi connectivity index (χ2n) is 9.19. The highest BCUT2D eigenvalue weighted by Gasteiger charge is 2.42. The zero-order chi connectivity index (χ0) is 22.2. The van der Waals surface area contributed by atoms with Crippen molar-refractivity contribution in [2.24, 2.45) is 17.8 Å². The minimum Gasteiger partial charge on any atom is -0.493 e. The van der Waals surface area contributed by atoms with Gasteiger partial charge in [-0.3, -0.25) is 14.5 Å². The number of rotatable bonds is 9. The van der Waals surface area contributed by atoms with Crippen LogP contribution in [-0.2, 0) is 14.3 Å². The van der Waals surface area contributed by atoms with Gasteiger partial charge in [-0.15, -0.1) is 0 Å². The lowest BCUT2D eigenvalue weighted by atomic mass is 10.0. The molecule has 1 heterocycles. The summed E-state index contributed by atoms with van der Waals surface area (Å²) in [4.78, 5) is 30.0. The quantitative estimate of drug-likeness (QED) is 0.648. The third-order valence-corrected chi connectivity index (χ3v) is 6.14. The largest absolute Gasteiger partial charge is 0.493 e. The molecule has 1 aliphatic heterocycles. The Morgan fingerprint density at radius 2 is 1.81 bits per heavy atom. The molecule has 1 aromatic carbocycles. The van der Waals surface area contributed by atoms with Crippen LogP contribution in [0, 0.1) is 17.8 Å². The SMILES string of the molecule is COCC(=O)N[C@@H]1C[C@H](COc2ccccc2)C[C@H]1C(=O)N1CCN(CC(C)C)CC1. The number of piperazine rings is 1. The molecule has 3 rings (SSSR count). The van der Waals surface area contributed by atoms with Crippen molar-refractivity contribution >= 4 is 11.8 Å². The van der Waals surface area contributed by atoms with Gasteiger partial charge in [-0.1, -0.05) is 32.0 Å². The minimum atomic E-state index is -0.207. The van der Waals surface area contributed by atoms with E-state index in [1.165, 1.54) is 7.11 Å². The molecule has 2 amide bonds. The first kappa shape index (κ1) is 23.5. The lowest BCUT2D eigenvalue weighted by molar-refractivity contribution is -0.138. The summed E-state index contributed by atoms with van der Waals surface area (Å²) in [6.45, 7) is 9.42. The van der Waals surface area contributed by atoms with Crippen LogP contribution in [0.15, 0.2) is 30.3 Å². The van der Waals surface area contributed by atoms with E-state index >= 15 is 0 Å². The summed E-state index contributed by atoms with van der Waals surface area (Å²) < 4.78 is 10.9. The third kappa shape index (κ3) is 6.94. The number of hydrogen-bond donors (Lipinski definition) is 1. The van der Waals surface area contributed by atoms with E-state index in [4.69, 9.17) is 9.47 Å². The number of hydrogen-bond acceptors (Lipinski definition) is 5. The first-order chi connectivity index (χ1) is 15.0. The van der Waals surface area contributed by atoms with Crippen molar-refractivity contribution < 1.29 is 19.1 Å². The number of para-hydroxylation sites is 1. The molecule has 0 bridgehead atoms. The molecular formula is C24H37N3O4. The van der Waals surface area contributed by atoms with Crippen LogP contribution in [-0.4, -0.2) is 80.7 Å². The predicted octanol–water partition coefficient (Wildman–Crippen LogP) is 2.02. The Morgan fingerprint density at radius 3 is 2.45 bits per heavy atom. The van der Waals surface area contributed by atoms with Gasteiger partial charge in [0.1, 0.15) is 12.4 Å². The predicted molar refractivity (Wildman–Crippen MR) is 120 cm³/mol. The van der Waals surface area contributed by atoms with Gasteiger partial charge in [-0.2, -0.15) is 0 Å². The maximum Gasteiger partial charge on any atom is 0.246 e. The molecule has 1 saturated carbocycles. The number of nitrogens with zero attached hydrogens (tertiary/aromatic N) is 2. The van der Waals surface area contributed by atoms with Gasteiger partial charge in [0.2, 0.25) is 11.8 Å². The van der Waals surface area contributed by atoms with Crippen LogP contribution in [0.1, 0.15) is 26.7 Å². The van der Waals surface area contributed by atoms with Crippen molar-refractivity contribution in [1.82, 2.24) is 15.1 Å². The van der Waals surface area contributed by atoms with Crippen molar-refractivity contribution in [3.63, 3.8) is 0 Å². The van der Waals surface area contributed by atoms with Crippen LogP contribution >= 0.6 is 0 Å². The fourth-order valence-corrected chi connectivity index (χ4v) is 4.72. The van der Waals surface area contributed by atoms with Crippen LogP contribution in [0.2, 0.25) is 0 Å². The second-order valence-corrected chi connectivity index (χ2v) is 9.19. The Hall–Kier alpha value is -2.12. The summed E-state index contributed by atoms with van der Waals surface area (Å²) in [5, 5.41) is 3.04. The standard InChI is InChI=1S/C24H37N3O4/c1-18(2)15-26-9-11-27(12-10-26)24(29)21-13-19(14-22(21)25-23(28)17-30-3)16-31-20-7-5-4-6-8-20/h4-8,18-19,21-22H,9-17H2,1-3H3,(H,25,28)/t19-,21-,22-/m1/s1. The summed E-state index contributed by atoms with van der Waals surface area (Å²) in [6, 6.07) is 9.55. The van der Waals surface area contributed by atoms with Gasteiger partial charge in [-0.25, -0.2) is 0 Å². The summed E-state index contributed by atoms with van der Waals surface area (Å²) in [7, 11) is 1.50. The van der Waals surface area contributed by atoms with Gasteiger partial charge in [0.05, 0.1) is 12.5 Å². The molecule has 172 valence electrons. The molecule has 2 fully saturated rings. The van der Waals surface area contributed by atoms with Crippen molar-refractivity contribution in [2.75, 3.05) is 53.0 Å². The van der Waals surface area contributed by atoms with Gasteiger partial charge < -0.3 is 19.7 Å². The maximum atomic E-state index is 13.4. The number of carbonyl (C=O) groups excluding carboxylic acids is 2. The van der Waals surface area contributed by atoms with Crippen LogP contribution in [0.3, 0.4) is 0 Å². The van der Waals surface area contributed by atoms with E-state index in [9.17, 15) is 9.59 Å². The first-order valence-electron chi connectivity index (χ1n) is 11.4. The van der Waals surface area contributed by atoms with E-state index in [1.807, 2.05) is 35.2 Å². The fraction of sp³-hybridized carbons (Fsp3) is 0.667. The molecule has 31 heavy (non-hydrogen) atoms. The number of benzene rings is 1. The zero-order valence-electron chi connectivity index (χ0n) is 19.1. The van der Waals surface area contributed by atoms with E-state index in [2.05, 4.69) is 24.1 Å². The van der Waals surface area contributed by atoms with Crippen LogP contribution < -0.4 is 10.1 Å². The van der Waals surface area contributed by atoms with E-state index < -0.39 is 0 Å². The van der Waals surface area contributed by atoms with Crippen LogP contribution in [0.5, 0.6) is 5.75 Å². The summed E-state index contributed by atoms with van der Waals surface area (Å²) in [5.41, 5.74) is 0. The molecule has 1 N–H and O–H groups in total. The molecule has 7 nitrogen and oxygen atoms in total. The fourth-order valence-electron chi connectivity index (χ4n) is 4.72. The molecule has 1 aliphatic carbocycles. The van der Waals surface area contributed by atoms with Gasteiger partial charge in [0.15, 0.2) is 0 Å². The van der Waals surface area contributed by atoms with Crippen LogP contribution in [0.25, 0.3) is 0 Å². The molecule has 1 saturated heterocycles. The number of nitrogens with one attached hydrogen (secondary N) is 1. The second kappa shape index (κ2) is 11.5. The number of carbonyl (C=O) groups is 2. The molecule has 0 unspecified atom stereocenters. The Labute approximate surface area is 186 Å². The van der Waals surface area contributed by atoms with Gasteiger partial charge >= 0.3 is 0 Å². The molecule has 0 aromatic heterocycles.